The molecule has 90 valence electrons. The molecule has 4 heteroatoms. The van der Waals surface area contributed by atoms with Crippen molar-refractivity contribution in [3.63, 3.8) is 0 Å². The highest BCUT2D eigenvalue weighted by molar-refractivity contribution is 5.75. The van der Waals surface area contributed by atoms with Gasteiger partial charge in [0.15, 0.2) is 0 Å². The van der Waals surface area contributed by atoms with E-state index >= 15 is 0 Å². The molecule has 1 saturated carbocycles. The Morgan fingerprint density at radius 1 is 1.24 bits per heavy atom. The largest absolute Gasteiger partial charge is 0.352 e. The maximum absolute atomic E-state index is 11.8. The monoisotopic (exact) mass is 231 g/mol. The summed E-state index contributed by atoms with van der Waals surface area (Å²) in [5.41, 5.74) is 2.54. The second-order valence-electron chi connectivity index (χ2n) is 4.97. The second kappa shape index (κ2) is 4.02. The summed E-state index contributed by atoms with van der Waals surface area (Å²) in [4.78, 5) is 22.1. The minimum atomic E-state index is -0.0606. The smallest absolute Gasteiger partial charge is 0.275 e. The van der Waals surface area contributed by atoms with Crippen LogP contribution in [-0.2, 0) is 0 Å². The molecule has 0 spiro atoms. The van der Waals surface area contributed by atoms with Gasteiger partial charge < -0.3 is 9.97 Å². The molecule has 2 aromatic rings. The molecule has 1 aliphatic carbocycles. The van der Waals surface area contributed by atoms with Crippen LogP contribution < -0.4 is 5.56 Å². The van der Waals surface area contributed by atoms with Crippen LogP contribution in [0.25, 0.3) is 11.0 Å². The third kappa shape index (κ3) is 1.88. The maximum Gasteiger partial charge on any atom is 0.275 e. The highest BCUT2D eigenvalue weighted by Crippen LogP contribution is 2.32. The number of rotatable bonds is 1. The zero-order chi connectivity index (χ0) is 11.8. The lowest BCUT2D eigenvalue weighted by Crippen LogP contribution is -2.09. The normalized spacial score (nSPS) is 17.7. The van der Waals surface area contributed by atoms with E-state index in [2.05, 4.69) is 15.0 Å². The number of H-pyrrole nitrogens is 2. The van der Waals surface area contributed by atoms with Gasteiger partial charge in [-0.15, -0.1) is 0 Å². The predicted octanol–water partition coefficient (Wildman–Crippen LogP) is 2.61. The van der Waals surface area contributed by atoms with Crippen LogP contribution in [0, 0.1) is 6.92 Å². The number of fused-ring (bicyclic) bond motifs is 1. The topological polar surface area (TPSA) is 61.5 Å². The summed E-state index contributed by atoms with van der Waals surface area (Å²) in [5, 5.41) is 0. The second-order valence-corrected chi connectivity index (χ2v) is 4.97. The van der Waals surface area contributed by atoms with Crippen LogP contribution in [0.4, 0.5) is 0 Å². The van der Waals surface area contributed by atoms with Gasteiger partial charge in [0.1, 0.15) is 11.3 Å². The predicted molar refractivity (Wildman–Crippen MR) is 67.3 cm³/mol. The molecule has 2 aromatic heterocycles. The van der Waals surface area contributed by atoms with Gasteiger partial charge in [-0.25, -0.2) is 4.98 Å². The number of nitrogens with zero attached hydrogens (tertiary/aromatic N) is 1. The standard InChI is InChI=1S/C13H17N3O/c1-8-14-11-7-10(9-5-3-2-4-6-9)16-12(11)13(17)15-8/h7,9,16H,2-6H2,1H3,(H,14,15,17). The van der Waals surface area contributed by atoms with E-state index in [4.69, 9.17) is 0 Å². The summed E-state index contributed by atoms with van der Waals surface area (Å²) in [6.07, 6.45) is 6.38. The van der Waals surface area contributed by atoms with Crippen molar-refractivity contribution in [1.82, 2.24) is 15.0 Å². The lowest BCUT2D eigenvalue weighted by molar-refractivity contribution is 0.438. The van der Waals surface area contributed by atoms with Crippen LogP contribution in [0.5, 0.6) is 0 Å². The summed E-state index contributed by atoms with van der Waals surface area (Å²) in [6, 6.07) is 2.05. The Balaban J connectivity index is 2.06. The van der Waals surface area contributed by atoms with Gasteiger partial charge in [-0.2, -0.15) is 0 Å². The van der Waals surface area contributed by atoms with E-state index in [0.717, 1.165) is 5.52 Å². The van der Waals surface area contributed by atoms with Gasteiger partial charge in [0.2, 0.25) is 0 Å². The molecule has 0 bridgehead atoms. The molecule has 1 aliphatic rings. The fraction of sp³-hybridized carbons (Fsp3) is 0.538. The first-order valence-electron chi connectivity index (χ1n) is 6.33. The van der Waals surface area contributed by atoms with Crippen molar-refractivity contribution >= 4 is 11.0 Å². The van der Waals surface area contributed by atoms with Crippen LogP contribution >= 0.6 is 0 Å². The van der Waals surface area contributed by atoms with Crippen molar-refractivity contribution in [1.29, 1.82) is 0 Å². The Labute approximate surface area is 99.5 Å². The van der Waals surface area contributed by atoms with Gasteiger partial charge >= 0.3 is 0 Å². The molecule has 0 aromatic carbocycles. The Bertz CT molecular complexity index is 590. The number of hydrogen-bond acceptors (Lipinski definition) is 2. The minimum Gasteiger partial charge on any atom is -0.352 e. The number of aromatic amines is 2. The van der Waals surface area contributed by atoms with E-state index in [9.17, 15) is 4.79 Å². The van der Waals surface area contributed by atoms with Crippen molar-refractivity contribution in [3.05, 3.63) is 27.9 Å². The number of aryl methyl sites for hydroxylation is 1. The summed E-state index contributed by atoms with van der Waals surface area (Å²) in [5.74, 6) is 1.26. The molecular weight excluding hydrogens is 214 g/mol. The Morgan fingerprint density at radius 2 is 2.00 bits per heavy atom. The SMILES string of the molecule is Cc1nc2cc(C3CCCCC3)[nH]c2c(=O)[nH]1. The molecular formula is C13H17N3O. The van der Waals surface area contributed by atoms with Crippen molar-refractivity contribution in [2.45, 2.75) is 44.9 Å². The first-order valence-corrected chi connectivity index (χ1v) is 6.33. The molecule has 0 atom stereocenters. The molecule has 2 heterocycles. The van der Waals surface area contributed by atoms with Gasteiger partial charge in [-0.1, -0.05) is 19.3 Å². The van der Waals surface area contributed by atoms with Crippen molar-refractivity contribution in [2.24, 2.45) is 0 Å². The zero-order valence-corrected chi connectivity index (χ0v) is 10.0. The highest BCUT2D eigenvalue weighted by Gasteiger charge is 2.18. The molecule has 1 fully saturated rings. The highest BCUT2D eigenvalue weighted by atomic mass is 16.1. The lowest BCUT2D eigenvalue weighted by atomic mass is 9.87. The Hall–Kier alpha value is -1.58. The Kier molecular flexibility index (Phi) is 2.50. The van der Waals surface area contributed by atoms with Gasteiger partial charge in [0.25, 0.3) is 5.56 Å². The molecule has 4 nitrogen and oxygen atoms in total. The van der Waals surface area contributed by atoms with Crippen molar-refractivity contribution < 1.29 is 0 Å². The Morgan fingerprint density at radius 3 is 2.76 bits per heavy atom. The van der Waals surface area contributed by atoms with Crippen LogP contribution in [0.3, 0.4) is 0 Å². The first-order chi connectivity index (χ1) is 8.24. The third-order valence-electron chi connectivity index (χ3n) is 3.67. The first kappa shape index (κ1) is 10.6. The summed E-state index contributed by atoms with van der Waals surface area (Å²) >= 11 is 0. The van der Waals surface area contributed by atoms with E-state index in [1.165, 1.54) is 37.8 Å². The van der Waals surface area contributed by atoms with Crippen LogP contribution in [-0.4, -0.2) is 15.0 Å². The number of aromatic nitrogens is 3. The average molecular weight is 231 g/mol. The van der Waals surface area contributed by atoms with Gasteiger partial charge in [0, 0.05) is 5.69 Å². The summed E-state index contributed by atoms with van der Waals surface area (Å²) in [7, 11) is 0. The molecule has 3 rings (SSSR count). The van der Waals surface area contributed by atoms with E-state index in [1.54, 1.807) is 0 Å². The molecule has 0 radical (unpaired) electrons. The lowest BCUT2D eigenvalue weighted by Gasteiger charge is -2.20. The number of nitrogens with one attached hydrogen (secondary N) is 2. The maximum atomic E-state index is 11.8. The summed E-state index contributed by atoms with van der Waals surface area (Å²) in [6.45, 7) is 1.81. The van der Waals surface area contributed by atoms with E-state index in [1.807, 2.05) is 13.0 Å². The molecule has 17 heavy (non-hydrogen) atoms. The van der Waals surface area contributed by atoms with Gasteiger partial charge in [0.05, 0.1) is 5.52 Å². The van der Waals surface area contributed by atoms with Gasteiger partial charge in [-0.05, 0) is 31.7 Å². The summed E-state index contributed by atoms with van der Waals surface area (Å²) < 4.78 is 0. The molecule has 2 N–H and O–H groups in total. The quantitative estimate of drug-likeness (QED) is 0.792. The van der Waals surface area contributed by atoms with Crippen LogP contribution in [0.1, 0.15) is 49.5 Å². The molecule has 0 amide bonds. The van der Waals surface area contributed by atoms with Crippen LogP contribution in [0.2, 0.25) is 0 Å². The number of hydrogen-bond donors (Lipinski definition) is 2. The molecule has 0 saturated heterocycles. The van der Waals surface area contributed by atoms with Gasteiger partial charge in [-0.3, -0.25) is 4.79 Å². The van der Waals surface area contributed by atoms with Crippen molar-refractivity contribution in [2.75, 3.05) is 0 Å². The van der Waals surface area contributed by atoms with E-state index in [0.29, 0.717) is 17.3 Å². The molecule has 0 aliphatic heterocycles. The molecule has 0 unspecified atom stereocenters. The van der Waals surface area contributed by atoms with Crippen molar-refractivity contribution in [3.8, 4) is 0 Å². The zero-order valence-electron chi connectivity index (χ0n) is 10.0. The van der Waals surface area contributed by atoms with E-state index in [-0.39, 0.29) is 5.56 Å². The third-order valence-corrected chi connectivity index (χ3v) is 3.67. The average Bonchev–Trinajstić information content (AvgIpc) is 2.74. The fourth-order valence-corrected chi connectivity index (χ4v) is 2.79. The minimum absolute atomic E-state index is 0.0606. The van der Waals surface area contributed by atoms with E-state index < -0.39 is 0 Å². The fourth-order valence-electron chi connectivity index (χ4n) is 2.79. The van der Waals surface area contributed by atoms with Crippen LogP contribution in [0.15, 0.2) is 10.9 Å².